The molecule has 0 radical (unpaired) electrons. The van der Waals surface area contributed by atoms with Crippen LogP contribution in [0.4, 0.5) is 4.39 Å². The fraction of sp³-hybridized carbons (Fsp3) is 0.600. The molecule has 2 nitrogen and oxygen atoms in total. The molecule has 2 rings (SSSR count). The van der Waals surface area contributed by atoms with Gasteiger partial charge in [0, 0.05) is 24.2 Å². The lowest BCUT2D eigenvalue weighted by atomic mass is 9.99. The summed E-state index contributed by atoms with van der Waals surface area (Å²) in [6.07, 6.45) is 5.09. The first-order chi connectivity index (χ1) is 8.56. The summed E-state index contributed by atoms with van der Waals surface area (Å²) in [6, 6.07) is 4.28. The topological polar surface area (TPSA) is 32.3 Å². The van der Waals surface area contributed by atoms with Gasteiger partial charge >= 0.3 is 0 Å². The van der Waals surface area contributed by atoms with E-state index in [1.54, 1.807) is 6.07 Å². The van der Waals surface area contributed by atoms with Gasteiger partial charge in [0.25, 0.3) is 0 Å². The molecule has 100 valence electrons. The molecule has 2 N–H and O–H groups in total. The van der Waals surface area contributed by atoms with Crippen molar-refractivity contribution in [2.24, 2.45) is 5.41 Å². The highest BCUT2D eigenvalue weighted by Gasteiger charge is 2.41. The predicted octanol–water partition coefficient (Wildman–Crippen LogP) is 3.76. The van der Waals surface area contributed by atoms with Gasteiger partial charge in [-0.3, -0.25) is 0 Å². The number of halogens is 1. The standard InChI is InChI=1S/C15H22FNO/c1-3-6-15(7-8-15)10-17-11(2)13-5-4-12(16)9-14(13)18/h4-5,9,11,17-18H,3,6-8,10H2,1-2H3. The van der Waals surface area contributed by atoms with Gasteiger partial charge < -0.3 is 10.4 Å². The number of aromatic hydroxyl groups is 1. The van der Waals surface area contributed by atoms with Gasteiger partial charge in [-0.05, 0) is 37.7 Å². The molecule has 1 unspecified atom stereocenters. The molecule has 1 aliphatic carbocycles. The Hall–Kier alpha value is -1.09. The summed E-state index contributed by atoms with van der Waals surface area (Å²) < 4.78 is 12.9. The minimum atomic E-state index is -0.395. The second-order valence-corrected chi connectivity index (χ2v) is 5.56. The monoisotopic (exact) mass is 251 g/mol. The van der Waals surface area contributed by atoms with Crippen LogP contribution < -0.4 is 5.32 Å². The second-order valence-electron chi connectivity index (χ2n) is 5.56. The van der Waals surface area contributed by atoms with Crippen molar-refractivity contribution in [2.45, 2.75) is 45.6 Å². The van der Waals surface area contributed by atoms with E-state index in [0.717, 1.165) is 12.1 Å². The SMILES string of the molecule is CCCC1(CNC(C)c2ccc(F)cc2O)CC1. The molecule has 0 aliphatic heterocycles. The Bertz CT molecular complexity index is 415. The van der Waals surface area contributed by atoms with Gasteiger partial charge in [0.15, 0.2) is 0 Å². The lowest BCUT2D eigenvalue weighted by Gasteiger charge is -2.20. The van der Waals surface area contributed by atoms with Crippen molar-refractivity contribution in [2.75, 3.05) is 6.54 Å². The van der Waals surface area contributed by atoms with Crippen LogP contribution in [-0.4, -0.2) is 11.7 Å². The Kier molecular flexibility index (Phi) is 3.91. The van der Waals surface area contributed by atoms with Crippen LogP contribution in [0.5, 0.6) is 5.75 Å². The maximum absolute atomic E-state index is 12.9. The molecule has 0 aromatic heterocycles. The van der Waals surface area contributed by atoms with Crippen molar-refractivity contribution in [3.05, 3.63) is 29.6 Å². The fourth-order valence-corrected chi connectivity index (χ4v) is 2.58. The molecule has 1 atom stereocenters. The van der Waals surface area contributed by atoms with Gasteiger partial charge in [0.05, 0.1) is 0 Å². The van der Waals surface area contributed by atoms with Crippen LogP contribution in [-0.2, 0) is 0 Å². The van der Waals surface area contributed by atoms with Gasteiger partial charge in [0.2, 0.25) is 0 Å². The molecule has 18 heavy (non-hydrogen) atoms. The molecule has 0 bridgehead atoms. The third kappa shape index (κ3) is 3.02. The van der Waals surface area contributed by atoms with Gasteiger partial charge in [0.1, 0.15) is 11.6 Å². The van der Waals surface area contributed by atoms with Crippen LogP contribution in [0, 0.1) is 11.2 Å². The molecule has 1 aliphatic rings. The third-order valence-corrected chi connectivity index (χ3v) is 3.98. The molecule has 0 spiro atoms. The number of hydrogen-bond donors (Lipinski definition) is 2. The van der Waals surface area contributed by atoms with Crippen molar-refractivity contribution in [1.82, 2.24) is 5.32 Å². The first-order valence-corrected chi connectivity index (χ1v) is 6.78. The summed E-state index contributed by atoms with van der Waals surface area (Å²) in [5, 5.41) is 13.2. The Morgan fingerprint density at radius 3 is 2.72 bits per heavy atom. The van der Waals surface area contributed by atoms with E-state index in [9.17, 15) is 9.50 Å². The fourth-order valence-electron chi connectivity index (χ4n) is 2.58. The van der Waals surface area contributed by atoms with Crippen LogP contribution in [0.3, 0.4) is 0 Å². The summed E-state index contributed by atoms with van der Waals surface area (Å²) in [7, 11) is 0. The summed E-state index contributed by atoms with van der Waals surface area (Å²) in [5.41, 5.74) is 1.25. The number of phenols is 1. The van der Waals surface area contributed by atoms with Crippen molar-refractivity contribution < 1.29 is 9.50 Å². The van der Waals surface area contributed by atoms with Gasteiger partial charge in [-0.2, -0.15) is 0 Å². The molecular formula is C15H22FNO. The van der Waals surface area contributed by atoms with E-state index >= 15 is 0 Å². The quantitative estimate of drug-likeness (QED) is 0.806. The average Bonchev–Trinajstić information content (AvgIpc) is 3.07. The minimum Gasteiger partial charge on any atom is -0.508 e. The van der Waals surface area contributed by atoms with Crippen LogP contribution >= 0.6 is 0 Å². The molecule has 1 fully saturated rings. The highest BCUT2D eigenvalue weighted by atomic mass is 19.1. The Morgan fingerprint density at radius 1 is 1.44 bits per heavy atom. The normalized spacial score (nSPS) is 18.6. The van der Waals surface area contributed by atoms with Crippen LogP contribution in [0.2, 0.25) is 0 Å². The summed E-state index contributed by atoms with van der Waals surface area (Å²) in [5.74, 6) is -0.358. The van der Waals surface area contributed by atoms with Gasteiger partial charge in [-0.15, -0.1) is 0 Å². The Morgan fingerprint density at radius 2 is 2.17 bits per heavy atom. The summed E-state index contributed by atoms with van der Waals surface area (Å²) in [4.78, 5) is 0. The van der Waals surface area contributed by atoms with E-state index in [1.807, 2.05) is 6.92 Å². The van der Waals surface area contributed by atoms with E-state index in [-0.39, 0.29) is 11.8 Å². The van der Waals surface area contributed by atoms with E-state index in [1.165, 1.54) is 37.8 Å². The molecule has 1 aromatic carbocycles. The molecule has 0 amide bonds. The first kappa shape index (κ1) is 13.3. The van der Waals surface area contributed by atoms with Crippen LogP contribution in [0.1, 0.15) is 51.1 Å². The largest absolute Gasteiger partial charge is 0.508 e. The zero-order valence-corrected chi connectivity index (χ0v) is 11.2. The van der Waals surface area contributed by atoms with Crippen molar-refractivity contribution in [1.29, 1.82) is 0 Å². The number of hydrogen-bond acceptors (Lipinski definition) is 2. The predicted molar refractivity (Wildman–Crippen MR) is 71.1 cm³/mol. The van der Waals surface area contributed by atoms with Crippen LogP contribution in [0.15, 0.2) is 18.2 Å². The van der Waals surface area contributed by atoms with E-state index in [4.69, 9.17) is 0 Å². The van der Waals surface area contributed by atoms with Crippen LogP contribution in [0.25, 0.3) is 0 Å². The Balaban J connectivity index is 1.93. The first-order valence-electron chi connectivity index (χ1n) is 6.78. The number of nitrogens with one attached hydrogen (secondary N) is 1. The molecule has 3 heteroatoms. The maximum Gasteiger partial charge on any atom is 0.126 e. The second kappa shape index (κ2) is 5.27. The highest BCUT2D eigenvalue weighted by molar-refractivity contribution is 5.34. The maximum atomic E-state index is 12.9. The molecular weight excluding hydrogens is 229 g/mol. The lowest BCUT2D eigenvalue weighted by molar-refractivity contribution is 0.388. The van der Waals surface area contributed by atoms with Gasteiger partial charge in [-0.25, -0.2) is 4.39 Å². The van der Waals surface area contributed by atoms with E-state index < -0.39 is 5.82 Å². The lowest BCUT2D eigenvalue weighted by Crippen LogP contribution is -2.26. The minimum absolute atomic E-state index is 0.0374. The zero-order valence-electron chi connectivity index (χ0n) is 11.2. The Labute approximate surface area is 108 Å². The molecule has 0 saturated heterocycles. The highest BCUT2D eigenvalue weighted by Crippen LogP contribution is 2.49. The molecule has 1 aromatic rings. The van der Waals surface area contributed by atoms with E-state index in [2.05, 4.69) is 12.2 Å². The zero-order chi connectivity index (χ0) is 13.2. The molecule has 0 heterocycles. The third-order valence-electron chi connectivity index (χ3n) is 3.98. The van der Waals surface area contributed by atoms with Crippen molar-refractivity contribution >= 4 is 0 Å². The number of phenolic OH excluding ortho intramolecular Hbond substituents is 1. The summed E-state index contributed by atoms with van der Waals surface area (Å²) in [6.45, 7) is 5.21. The van der Waals surface area contributed by atoms with Crippen molar-refractivity contribution in [3.8, 4) is 5.75 Å². The van der Waals surface area contributed by atoms with Gasteiger partial charge in [-0.1, -0.05) is 19.4 Å². The summed E-state index contributed by atoms with van der Waals surface area (Å²) >= 11 is 0. The smallest absolute Gasteiger partial charge is 0.126 e. The van der Waals surface area contributed by atoms with E-state index in [0.29, 0.717) is 5.41 Å². The number of rotatable bonds is 6. The van der Waals surface area contributed by atoms with Crippen molar-refractivity contribution in [3.63, 3.8) is 0 Å². The average molecular weight is 251 g/mol. The molecule has 1 saturated carbocycles. The number of benzene rings is 1.